The molecule has 0 fully saturated rings. The van der Waals surface area contributed by atoms with E-state index in [1.165, 1.54) is 0 Å². The van der Waals surface area contributed by atoms with E-state index in [0.29, 0.717) is 5.02 Å². The number of halogens is 1. The Labute approximate surface area is 152 Å². The van der Waals surface area contributed by atoms with Gasteiger partial charge in [0.05, 0.1) is 34.2 Å². The van der Waals surface area contributed by atoms with E-state index in [0.717, 1.165) is 34.2 Å². The van der Waals surface area contributed by atoms with Crippen LogP contribution in [0.2, 0.25) is 5.02 Å². The summed E-state index contributed by atoms with van der Waals surface area (Å²) in [5.41, 5.74) is 5.15. The molecule has 4 heteroatoms. The van der Waals surface area contributed by atoms with E-state index in [1.54, 1.807) is 0 Å². The smallest absolute Gasteiger partial charge is 0.0849 e. The van der Waals surface area contributed by atoms with Crippen molar-refractivity contribution in [2.45, 2.75) is 13.8 Å². The zero-order valence-corrected chi connectivity index (χ0v) is 14.9. The first-order chi connectivity index (χ1) is 12.1. The van der Waals surface area contributed by atoms with Crippen LogP contribution in [0.15, 0.2) is 82.8 Å². The molecule has 0 aliphatic carbocycles. The third-order valence-electron chi connectivity index (χ3n) is 3.67. The van der Waals surface area contributed by atoms with Crippen LogP contribution < -0.4 is 0 Å². The maximum Gasteiger partial charge on any atom is 0.0849 e. The van der Waals surface area contributed by atoms with E-state index in [-0.39, 0.29) is 0 Å². The van der Waals surface area contributed by atoms with Crippen LogP contribution >= 0.6 is 11.6 Å². The first-order valence-corrected chi connectivity index (χ1v) is 8.38. The predicted octanol–water partition coefficient (Wildman–Crippen LogP) is 6.02. The summed E-state index contributed by atoms with van der Waals surface area (Å²) in [5.74, 6) is 0. The van der Waals surface area contributed by atoms with Crippen LogP contribution in [0.3, 0.4) is 0 Å². The lowest BCUT2D eigenvalue weighted by molar-refractivity contribution is 1.24. The SMILES string of the molecule is CC(=Nc1ccccc1)c1cccc(C(C)=Nc2ccc(Cl)cc2)n1. The lowest BCUT2D eigenvalue weighted by Gasteiger charge is -2.05. The summed E-state index contributed by atoms with van der Waals surface area (Å²) in [6.07, 6.45) is 0. The summed E-state index contributed by atoms with van der Waals surface area (Å²) in [6, 6.07) is 23.2. The normalized spacial score (nSPS) is 12.3. The summed E-state index contributed by atoms with van der Waals surface area (Å²) < 4.78 is 0. The predicted molar refractivity (Wildman–Crippen MR) is 106 cm³/mol. The quantitative estimate of drug-likeness (QED) is 0.532. The van der Waals surface area contributed by atoms with Gasteiger partial charge in [-0.15, -0.1) is 0 Å². The molecule has 0 saturated carbocycles. The van der Waals surface area contributed by atoms with Gasteiger partial charge < -0.3 is 0 Å². The first kappa shape index (κ1) is 17.1. The molecule has 0 amide bonds. The number of rotatable bonds is 4. The van der Waals surface area contributed by atoms with E-state index in [9.17, 15) is 0 Å². The fourth-order valence-electron chi connectivity index (χ4n) is 2.36. The minimum Gasteiger partial charge on any atom is -0.252 e. The highest BCUT2D eigenvalue weighted by atomic mass is 35.5. The van der Waals surface area contributed by atoms with Crippen LogP contribution in [0.5, 0.6) is 0 Å². The van der Waals surface area contributed by atoms with Crippen molar-refractivity contribution in [3.05, 3.63) is 89.2 Å². The number of para-hydroxylation sites is 1. The van der Waals surface area contributed by atoms with E-state index in [1.807, 2.05) is 86.6 Å². The first-order valence-electron chi connectivity index (χ1n) is 8.01. The van der Waals surface area contributed by atoms with Crippen molar-refractivity contribution in [2.75, 3.05) is 0 Å². The van der Waals surface area contributed by atoms with Crippen LogP contribution in [-0.2, 0) is 0 Å². The maximum atomic E-state index is 5.91. The summed E-state index contributed by atoms with van der Waals surface area (Å²) in [7, 11) is 0. The lowest BCUT2D eigenvalue weighted by atomic mass is 10.2. The van der Waals surface area contributed by atoms with E-state index in [2.05, 4.69) is 9.98 Å². The molecule has 3 aromatic rings. The average Bonchev–Trinajstić information content (AvgIpc) is 2.64. The second-order valence-electron chi connectivity index (χ2n) is 5.61. The van der Waals surface area contributed by atoms with Crippen LogP contribution in [0, 0.1) is 0 Å². The van der Waals surface area contributed by atoms with Gasteiger partial charge >= 0.3 is 0 Å². The van der Waals surface area contributed by atoms with Crippen LogP contribution in [0.25, 0.3) is 0 Å². The molecule has 25 heavy (non-hydrogen) atoms. The summed E-state index contributed by atoms with van der Waals surface area (Å²) in [5, 5.41) is 0.699. The highest BCUT2D eigenvalue weighted by Gasteiger charge is 2.05. The lowest BCUT2D eigenvalue weighted by Crippen LogP contribution is -2.04. The highest BCUT2D eigenvalue weighted by Crippen LogP contribution is 2.18. The van der Waals surface area contributed by atoms with Gasteiger partial charge in [0, 0.05) is 5.02 Å². The number of aliphatic imine (C=N–C) groups is 2. The number of benzene rings is 2. The Morgan fingerprint density at radius 2 is 1.20 bits per heavy atom. The van der Waals surface area contributed by atoms with E-state index in [4.69, 9.17) is 16.6 Å². The summed E-state index contributed by atoms with van der Waals surface area (Å²) in [6.45, 7) is 3.91. The van der Waals surface area contributed by atoms with Crippen molar-refractivity contribution in [3.63, 3.8) is 0 Å². The van der Waals surface area contributed by atoms with Crippen molar-refractivity contribution in [1.29, 1.82) is 0 Å². The molecular weight excluding hydrogens is 330 g/mol. The van der Waals surface area contributed by atoms with Gasteiger partial charge in [-0.25, -0.2) is 4.98 Å². The Morgan fingerprint density at radius 3 is 1.76 bits per heavy atom. The second kappa shape index (κ2) is 7.86. The second-order valence-corrected chi connectivity index (χ2v) is 6.05. The highest BCUT2D eigenvalue weighted by molar-refractivity contribution is 6.30. The average molecular weight is 348 g/mol. The number of hydrogen-bond acceptors (Lipinski definition) is 3. The van der Waals surface area contributed by atoms with Crippen molar-refractivity contribution >= 4 is 34.4 Å². The van der Waals surface area contributed by atoms with Crippen LogP contribution in [0.4, 0.5) is 11.4 Å². The van der Waals surface area contributed by atoms with Gasteiger partial charge in [0.25, 0.3) is 0 Å². The maximum absolute atomic E-state index is 5.91. The molecule has 0 atom stereocenters. The molecule has 3 rings (SSSR count). The molecule has 3 nitrogen and oxygen atoms in total. The Balaban J connectivity index is 1.88. The molecule has 0 radical (unpaired) electrons. The summed E-state index contributed by atoms with van der Waals surface area (Å²) >= 11 is 5.91. The van der Waals surface area contributed by atoms with E-state index < -0.39 is 0 Å². The fraction of sp³-hybridized carbons (Fsp3) is 0.0952. The monoisotopic (exact) mass is 347 g/mol. The van der Waals surface area contributed by atoms with Gasteiger partial charge in [0.1, 0.15) is 0 Å². The number of aromatic nitrogens is 1. The molecule has 0 aliphatic rings. The van der Waals surface area contributed by atoms with Crippen molar-refractivity contribution in [2.24, 2.45) is 9.98 Å². The molecular formula is C21H18ClN3. The molecule has 1 heterocycles. The standard InChI is InChI=1S/C21H18ClN3/c1-15(23-18-7-4-3-5-8-18)20-9-6-10-21(25-20)16(2)24-19-13-11-17(22)12-14-19/h3-14H,1-2H3. The molecule has 124 valence electrons. The number of hydrogen-bond donors (Lipinski definition) is 0. The Bertz CT molecular complexity index is 913. The minimum atomic E-state index is 0.699. The summed E-state index contributed by atoms with van der Waals surface area (Å²) in [4.78, 5) is 13.9. The third kappa shape index (κ3) is 4.61. The molecule has 0 spiro atoms. The molecule has 0 N–H and O–H groups in total. The third-order valence-corrected chi connectivity index (χ3v) is 3.92. The zero-order chi connectivity index (χ0) is 17.6. The molecule has 0 bridgehead atoms. The zero-order valence-electron chi connectivity index (χ0n) is 14.1. The Hall–Kier alpha value is -2.78. The molecule has 1 aromatic heterocycles. The Morgan fingerprint density at radius 1 is 0.680 bits per heavy atom. The number of nitrogens with zero attached hydrogens (tertiary/aromatic N) is 3. The van der Waals surface area contributed by atoms with Gasteiger partial charge in [-0.2, -0.15) is 0 Å². The van der Waals surface area contributed by atoms with Gasteiger partial charge in [0.15, 0.2) is 0 Å². The molecule has 0 unspecified atom stereocenters. The van der Waals surface area contributed by atoms with E-state index >= 15 is 0 Å². The largest absolute Gasteiger partial charge is 0.252 e. The van der Waals surface area contributed by atoms with Crippen molar-refractivity contribution < 1.29 is 0 Å². The van der Waals surface area contributed by atoms with Gasteiger partial charge in [-0.3, -0.25) is 9.98 Å². The molecule has 0 aliphatic heterocycles. The molecule has 0 saturated heterocycles. The van der Waals surface area contributed by atoms with Crippen molar-refractivity contribution in [3.8, 4) is 0 Å². The van der Waals surface area contributed by atoms with Crippen molar-refractivity contribution in [1.82, 2.24) is 4.98 Å². The number of pyridine rings is 1. The van der Waals surface area contributed by atoms with Gasteiger partial charge in [-0.05, 0) is 62.4 Å². The molecule has 2 aromatic carbocycles. The van der Waals surface area contributed by atoms with Gasteiger partial charge in [0.2, 0.25) is 0 Å². The fourth-order valence-corrected chi connectivity index (χ4v) is 2.48. The Kier molecular flexibility index (Phi) is 5.36. The van der Waals surface area contributed by atoms with Crippen LogP contribution in [0.1, 0.15) is 25.2 Å². The minimum absolute atomic E-state index is 0.699. The van der Waals surface area contributed by atoms with Crippen LogP contribution in [-0.4, -0.2) is 16.4 Å². The topological polar surface area (TPSA) is 37.6 Å². The van der Waals surface area contributed by atoms with Gasteiger partial charge in [-0.1, -0.05) is 35.9 Å².